The Balaban J connectivity index is 2.96. The summed E-state index contributed by atoms with van der Waals surface area (Å²) >= 11 is 5.98. The van der Waals surface area contributed by atoms with Gasteiger partial charge in [-0.1, -0.05) is 11.6 Å². The Morgan fingerprint density at radius 1 is 1.60 bits per heavy atom. The molecule has 78 valence electrons. The summed E-state index contributed by atoms with van der Waals surface area (Å²) in [6.07, 6.45) is 0. The molecule has 2 N–H and O–H groups in total. The smallest absolute Gasteiger partial charge is 0.154 e. The van der Waals surface area contributed by atoms with Crippen molar-refractivity contribution in [3.63, 3.8) is 0 Å². The molecule has 0 spiro atoms. The minimum atomic E-state index is 0.306. The zero-order valence-electron chi connectivity index (χ0n) is 8.07. The number of hydrogen-bond donors (Lipinski definition) is 1. The van der Waals surface area contributed by atoms with Crippen molar-refractivity contribution < 1.29 is 0 Å². The second-order valence-corrected chi connectivity index (χ2v) is 3.49. The van der Waals surface area contributed by atoms with E-state index in [4.69, 9.17) is 17.3 Å². The summed E-state index contributed by atoms with van der Waals surface area (Å²) in [5.74, 6) is 0.322. The van der Waals surface area contributed by atoms with Crippen molar-refractivity contribution in [3.8, 4) is 0 Å². The molecule has 1 heterocycles. The molecule has 0 aliphatic heterocycles. The van der Waals surface area contributed by atoms with Gasteiger partial charge in [0, 0.05) is 6.54 Å². The van der Waals surface area contributed by atoms with Gasteiger partial charge in [0.2, 0.25) is 0 Å². The van der Waals surface area contributed by atoms with Crippen molar-refractivity contribution in [1.29, 1.82) is 0 Å². The SMILES string of the molecule is CCn1nc(N)c2c(Cl)ccc(N=O)c21. The van der Waals surface area contributed by atoms with Crippen molar-refractivity contribution in [2.45, 2.75) is 13.5 Å². The van der Waals surface area contributed by atoms with Crippen molar-refractivity contribution >= 4 is 34.0 Å². The molecule has 1 aromatic heterocycles. The highest BCUT2D eigenvalue weighted by Gasteiger charge is 2.14. The Kier molecular flexibility index (Phi) is 2.32. The molecule has 1 aromatic carbocycles. The molecule has 0 aliphatic rings. The molecular weight excluding hydrogens is 216 g/mol. The molecule has 0 amide bonds. The van der Waals surface area contributed by atoms with Crippen LogP contribution >= 0.6 is 11.6 Å². The highest BCUT2D eigenvalue weighted by atomic mass is 35.5. The van der Waals surface area contributed by atoms with E-state index >= 15 is 0 Å². The Labute approximate surface area is 90.8 Å². The summed E-state index contributed by atoms with van der Waals surface area (Å²) < 4.78 is 1.62. The van der Waals surface area contributed by atoms with E-state index in [0.717, 1.165) is 0 Å². The van der Waals surface area contributed by atoms with Gasteiger partial charge in [-0.05, 0) is 24.2 Å². The molecule has 0 radical (unpaired) electrons. The molecule has 0 aliphatic carbocycles. The maximum Gasteiger partial charge on any atom is 0.154 e. The average molecular weight is 225 g/mol. The van der Waals surface area contributed by atoms with Gasteiger partial charge in [0.05, 0.1) is 10.4 Å². The van der Waals surface area contributed by atoms with Gasteiger partial charge in [0.25, 0.3) is 0 Å². The van der Waals surface area contributed by atoms with E-state index in [0.29, 0.717) is 34.0 Å². The lowest BCUT2D eigenvalue weighted by Gasteiger charge is -2.00. The van der Waals surface area contributed by atoms with E-state index in [1.807, 2.05) is 6.92 Å². The molecule has 2 aromatic rings. The summed E-state index contributed by atoms with van der Waals surface area (Å²) in [5, 5.41) is 8.10. The fourth-order valence-electron chi connectivity index (χ4n) is 1.59. The van der Waals surface area contributed by atoms with Crippen LogP contribution in [0, 0.1) is 4.91 Å². The Morgan fingerprint density at radius 3 is 2.93 bits per heavy atom. The molecule has 15 heavy (non-hydrogen) atoms. The monoisotopic (exact) mass is 224 g/mol. The maximum absolute atomic E-state index is 10.6. The largest absolute Gasteiger partial charge is 0.382 e. The first-order valence-corrected chi connectivity index (χ1v) is 4.84. The number of rotatable bonds is 2. The second-order valence-electron chi connectivity index (χ2n) is 3.08. The number of hydrogen-bond acceptors (Lipinski definition) is 4. The highest BCUT2D eigenvalue weighted by molar-refractivity contribution is 6.36. The number of nitrogens with two attached hydrogens (primary N) is 1. The van der Waals surface area contributed by atoms with Crippen LogP contribution in [0.5, 0.6) is 0 Å². The minimum Gasteiger partial charge on any atom is -0.382 e. The zero-order valence-corrected chi connectivity index (χ0v) is 8.82. The molecule has 5 nitrogen and oxygen atoms in total. The molecule has 6 heteroatoms. The molecule has 0 fully saturated rings. The highest BCUT2D eigenvalue weighted by Crippen LogP contribution is 2.35. The predicted octanol–water partition coefficient (Wildman–Crippen LogP) is 2.69. The van der Waals surface area contributed by atoms with Crippen LogP contribution in [0.3, 0.4) is 0 Å². The van der Waals surface area contributed by atoms with Crippen LogP contribution in [-0.4, -0.2) is 9.78 Å². The molecule has 0 saturated carbocycles. The lowest BCUT2D eigenvalue weighted by atomic mass is 10.2. The standard InChI is InChI=1S/C9H9ClN4O/c1-2-14-8-6(13-15)4-3-5(10)7(8)9(11)12-14/h3-4H,2H2,1H3,(H2,11,12). The first-order chi connectivity index (χ1) is 7.19. The summed E-state index contributed by atoms with van der Waals surface area (Å²) in [5.41, 5.74) is 6.62. The normalized spacial score (nSPS) is 10.8. The number of aromatic nitrogens is 2. The maximum atomic E-state index is 10.6. The van der Waals surface area contributed by atoms with Crippen LogP contribution < -0.4 is 5.73 Å². The van der Waals surface area contributed by atoms with Crippen LogP contribution in [0.4, 0.5) is 11.5 Å². The number of fused-ring (bicyclic) bond motifs is 1. The fourth-order valence-corrected chi connectivity index (χ4v) is 1.84. The van der Waals surface area contributed by atoms with Crippen LogP contribution in [0.1, 0.15) is 6.92 Å². The van der Waals surface area contributed by atoms with Crippen LogP contribution in [0.25, 0.3) is 10.9 Å². The third-order valence-electron chi connectivity index (χ3n) is 2.25. The van der Waals surface area contributed by atoms with Gasteiger partial charge < -0.3 is 5.73 Å². The fraction of sp³-hybridized carbons (Fsp3) is 0.222. The Morgan fingerprint density at radius 2 is 2.33 bits per heavy atom. The number of nitrogen functional groups attached to an aromatic ring is 1. The minimum absolute atomic E-state index is 0.306. The van der Waals surface area contributed by atoms with Gasteiger partial charge in [-0.15, -0.1) is 4.91 Å². The van der Waals surface area contributed by atoms with Crippen molar-refractivity contribution in [1.82, 2.24) is 9.78 Å². The lowest BCUT2D eigenvalue weighted by molar-refractivity contribution is 0.687. The number of halogens is 1. The second kappa shape index (κ2) is 3.51. The van der Waals surface area contributed by atoms with Crippen LogP contribution in [0.2, 0.25) is 5.02 Å². The van der Waals surface area contributed by atoms with Gasteiger partial charge in [0.15, 0.2) is 5.82 Å². The van der Waals surface area contributed by atoms with Gasteiger partial charge in [0.1, 0.15) is 11.2 Å². The molecule has 0 atom stereocenters. The van der Waals surface area contributed by atoms with E-state index in [2.05, 4.69) is 10.3 Å². The Hall–Kier alpha value is -1.62. The molecule has 0 saturated heterocycles. The molecule has 0 bridgehead atoms. The lowest BCUT2D eigenvalue weighted by Crippen LogP contribution is -1.96. The third kappa shape index (κ3) is 1.35. The number of nitroso groups, excluding NO2 is 1. The van der Waals surface area contributed by atoms with Crippen LogP contribution in [0.15, 0.2) is 17.3 Å². The van der Waals surface area contributed by atoms with Gasteiger partial charge >= 0.3 is 0 Å². The zero-order chi connectivity index (χ0) is 11.0. The quantitative estimate of drug-likeness (QED) is 0.797. The number of benzene rings is 1. The number of anilines is 1. The van der Waals surface area contributed by atoms with Gasteiger partial charge in [-0.2, -0.15) is 5.10 Å². The number of aryl methyl sites for hydroxylation is 1. The number of nitrogens with zero attached hydrogens (tertiary/aromatic N) is 3. The summed E-state index contributed by atoms with van der Waals surface area (Å²) in [6.45, 7) is 2.51. The first-order valence-electron chi connectivity index (χ1n) is 4.47. The summed E-state index contributed by atoms with van der Waals surface area (Å²) in [4.78, 5) is 10.6. The molecule has 2 rings (SSSR count). The molecular formula is C9H9ClN4O. The Bertz CT molecular complexity index is 534. The van der Waals surface area contributed by atoms with Gasteiger partial charge in [-0.3, -0.25) is 4.68 Å². The summed E-state index contributed by atoms with van der Waals surface area (Å²) in [7, 11) is 0. The summed E-state index contributed by atoms with van der Waals surface area (Å²) in [6, 6.07) is 3.16. The van der Waals surface area contributed by atoms with Crippen molar-refractivity contribution in [2.24, 2.45) is 5.18 Å². The van der Waals surface area contributed by atoms with E-state index in [9.17, 15) is 4.91 Å². The van der Waals surface area contributed by atoms with E-state index in [1.54, 1.807) is 16.8 Å². The first kappa shape index (κ1) is 9.92. The van der Waals surface area contributed by atoms with Crippen molar-refractivity contribution in [2.75, 3.05) is 5.73 Å². The topological polar surface area (TPSA) is 73.3 Å². The average Bonchev–Trinajstić information content (AvgIpc) is 2.58. The third-order valence-corrected chi connectivity index (χ3v) is 2.56. The van der Waals surface area contributed by atoms with Gasteiger partial charge in [-0.25, -0.2) is 0 Å². The molecule has 0 unspecified atom stereocenters. The predicted molar refractivity (Wildman–Crippen MR) is 60.3 cm³/mol. The van der Waals surface area contributed by atoms with Crippen LogP contribution in [-0.2, 0) is 6.54 Å². The van der Waals surface area contributed by atoms with E-state index in [-0.39, 0.29) is 0 Å². The van der Waals surface area contributed by atoms with Crippen molar-refractivity contribution in [3.05, 3.63) is 22.1 Å². The van der Waals surface area contributed by atoms with E-state index in [1.165, 1.54) is 0 Å². The van der Waals surface area contributed by atoms with E-state index < -0.39 is 0 Å².